The summed E-state index contributed by atoms with van der Waals surface area (Å²) in [6.07, 6.45) is 0. The van der Waals surface area contributed by atoms with Gasteiger partial charge in [-0.1, -0.05) is 60.1 Å². The lowest BCUT2D eigenvalue weighted by molar-refractivity contribution is 0.0684. The summed E-state index contributed by atoms with van der Waals surface area (Å²) in [7, 11) is 0. The molecule has 0 atom stereocenters. The molecule has 0 bridgehead atoms. The molecule has 0 amide bonds. The molecule has 1 N–H and O–H groups in total. The molecule has 0 spiro atoms. The number of aromatic carboxylic acids is 1. The number of benzene rings is 2. The maximum atomic E-state index is 13.0. The van der Waals surface area contributed by atoms with Gasteiger partial charge in [0.15, 0.2) is 0 Å². The minimum absolute atomic E-state index is 0.0375. The number of carbonyl (C=O) groups is 1. The lowest BCUT2D eigenvalue weighted by Crippen LogP contribution is -2.29. The molecule has 0 saturated carbocycles. The summed E-state index contributed by atoms with van der Waals surface area (Å²) >= 11 is 3.43. The van der Waals surface area contributed by atoms with Crippen molar-refractivity contribution in [2.75, 3.05) is 0 Å². The Morgan fingerprint density at radius 1 is 1.12 bits per heavy atom. The third kappa shape index (κ3) is 3.24. The van der Waals surface area contributed by atoms with E-state index in [1.54, 1.807) is 12.1 Å². The largest absolute Gasteiger partial charge is 0.477 e. The molecule has 0 aliphatic heterocycles. The maximum Gasteiger partial charge on any atom is 0.353 e. The lowest BCUT2D eigenvalue weighted by atomic mass is 9.96. The average molecular weight is 400 g/mol. The molecule has 0 aliphatic rings. The summed E-state index contributed by atoms with van der Waals surface area (Å²) in [5.41, 5.74) is 1.12. The van der Waals surface area contributed by atoms with Crippen molar-refractivity contribution in [3.63, 3.8) is 0 Å². The first-order chi connectivity index (χ1) is 11.9. The molecule has 0 fully saturated rings. The number of hydrogen-bond acceptors (Lipinski definition) is 2. The van der Waals surface area contributed by atoms with Gasteiger partial charge in [0.2, 0.25) is 0 Å². The second-order valence-electron chi connectivity index (χ2n) is 6.39. The minimum atomic E-state index is -1.10. The van der Waals surface area contributed by atoms with Crippen molar-refractivity contribution in [1.29, 1.82) is 0 Å². The van der Waals surface area contributed by atoms with Gasteiger partial charge in [-0.15, -0.1) is 0 Å². The van der Waals surface area contributed by atoms with E-state index >= 15 is 0 Å². The van der Waals surface area contributed by atoms with Crippen molar-refractivity contribution in [3.05, 3.63) is 69.1 Å². The highest BCUT2D eigenvalue weighted by Gasteiger charge is 2.23. The zero-order valence-corrected chi connectivity index (χ0v) is 15.6. The summed E-state index contributed by atoms with van der Waals surface area (Å²) in [6, 6.07) is 14.7. The standard InChI is InChI=1S/C20H18BrNO3/c1-12(2)11-22-18(20(24)25)17(13-6-4-3-5-7-13)16-10-14(21)8-9-15(16)19(22)23/h3-10,12H,11H2,1-2H3,(H,24,25). The maximum absolute atomic E-state index is 13.0. The number of aromatic nitrogens is 1. The molecule has 0 saturated heterocycles. The summed E-state index contributed by atoms with van der Waals surface area (Å²) in [4.78, 5) is 25.1. The van der Waals surface area contributed by atoms with Crippen molar-refractivity contribution in [3.8, 4) is 11.1 Å². The molecule has 5 heteroatoms. The Morgan fingerprint density at radius 2 is 1.80 bits per heavy atom. The number of carboxylic acid groups (broad SMARTS) is 1. The number of nitrogens with zero attached hydrogens (tertiary/aromatic N) is 1. The van der Waals surface area contributed by atoms with Crippen LogP contribution in [-0.2, 0) is 6.54 Å². The van der Waals surface area contributed by atoms with Crippen molar-refractivity contribution in [1.82, 2.24) is 4.57 Å². The first-order valence-electron chi connectivity index (χ1n) is 8.05. The fraction of sp³-hybridized carbons (Fsp3) is 0.200. The lowest BCUT2D eigenvalue weighted by Gasteiger charge is -2.19. The van der Waals surface area contributed by atoms with Gasteiger partial charge in [-0.2, -0.15) is 0 Å². The highest BCUT2D eigenvalue weighted by Crippen LogP contribution is 2.32. The van der Waals surface area contributed by atoms with Crippen molar-refractivity contribution in [2.45, 2.75) is 20.4 Å². The number of fused-ring (bicyclic) bond motifs is 1. The van der Waals surface area contributed by atoms with Gasteiger partial charge in [0.1, 0.15) is 5.69 Å². The molecule has 0 aliphatic carbocycles. The molecule has 128 valence electrons. The number of rotatable bonds is 4. The highest BCUT2D eigenvalue weighted by atomic mass is 79.9. The van der Waals surface area contributed by atoms with E-state index in [4.69, 9.17) is 0 Å². The van der Waals surface area contributed by atoms with Crippen LogP contribution in [0.15, 0.2) is 57.8 Å². The van der Waals surface area contributed by atoms with E-state index in [0.717, 1.165) is 10.0 Å². The van der Waals surface area contributed by atoms with E-state index in [-0.39, 0.29) is 17.2 Å². The highest BCUT2D eigenvalue weighted by molar-refractivity contribution is 9.10. The predicted molar refractivity (Wildman–Crippen MR) is 103 cm³/mol. The van der Waals surface area contributed by atoms with E-state index < -0.39 is 5.97 Å². The van der Waals surface area contributed by atoms with Crippen LogP contribution >= 0.6 is 15.9 Å². The van der Waals surface area contributed by atoms with Gasteiger partial charge in [-0.3, -0.25) is 4.79 Å². The SMILES string of the molecule is CC(C)Cn1c(C(=O)O)c(-c2ccccc2)c2cc(Br)ccc2c1=O. The zero-order chi connectivity index (χ0) is 18.1. The van der Waals surface area contributed by atoms with Gasteiger partial charge in [0, 0.05) is 22.0 Å². The van der Waals surface area contributed by atoms with Crippen LogP contribution < -0.4 is 5.56 Å². The van der Waals surface area contributed by atoms with Crippen LogP contribution in [0.3, 0.4) is 0 Å². The second kappa shape index (κ2) is 6.84. The molecular weight excluding hydrogens is 382 g/mol. The number of hydrogen-bond donors (Lipinski definition) is 1. The van der Waals surface area contributed by atoms with Crippen LogP contribution in [-0.4, -0.2) is 15.6 Å². The minimum Gasteiger partial charge on any atom is -0.477 e. The van der Waals surface area contributed by atoms with Crippen LogP contribution in [0.2, 0.25) is 0 Å². The van der Waals surface area contributed by atoms with Gasteiger partial charge < -0.3 is 9.67 Å². The number of halogens is 1. The smallest absolute Gasteiger partial charge is 0.353 e. The van der Waals surface area contributed by atoms with Gasteiger partial charge >= 0.3 is 5.97 Å². The number of pyridine rings is 1. The molecule has 1 aromatic heterocycles. The van der Waals surface area contributed by atoms with E-state index in [2.05, 4.69) is 15.9 Å². The fourth-order valence-corrected chi connectivity index (χ4v) is 3.44. The van der Waals surface area contributed by atoms with Crippen LogP contribution in [0, 0.1) is 5.92 Å². The van der Waals surface area contributed by atoms with E-state index in [0.29, 0.717) is 22.9 Å². The predicted octanol–water partition coefficient (Wildman–Crippen LogP) is 4.79. The van der Waals surface area contributed by atoms with Crippen molar-refractivity contribution < 1.29 is 9.90 Å². The zero-order valence-electron chi connectivity index (χ0n) is 14.0. The topological polar surface area (TPSA) is 59.3 Å². The van der Waals surface area contributed by atoms with Crippen LogP contribution in [0.4, 0.5) is 0 Å². The Bertz CT molecular complexity index is 1010. The summed E-state index contributed by atoms with van der Waals surface area (Å²) in [6.45, 7) is 4.28. The molecule has 0 unspecified atom stereocenters. The molecule has 2 aromatic carbocycles. The Morgan fingerprint density at radius 3 is 2.40 bits per heavy atom. The molecule has 3 aromatic rings. The quantitative estimate of drug-likeness (QED) is 0.686. The van der Waals surface area contributed by atoms with Crippen molar-refractivity contribution >= 4 is 32.7 Å². The Balaban J connectivity index is 2.55. The van der Waals surface area contributed by atoms with E-state index in [1.807, 2.05) is 50.2 Å². The summed E-state index contributed by atoms with van der Waals surface area (Å²) < 4.78 is 2.19. The van der Waals surface area contributed by atoms with Gasteiger partial charge in [0.05, 0.1) is 0 Å². The molecule has 4 nitrogen and oxygen atoms in total. The van der Waals surface area contributed by atoms with Crippen LogP contribution in [0.5, 0.6) is 0 Å². The van der Waals surface area contributed by atoms with Crippen LogP contribution in [0.25, 0.3) is 21.9 Å². The molecule has 0 radical (unpaired) electrons. The average Bonchev–Trinajstić information content (AvgIpc) is 2.57. The molecule has 1 heterocycles. The van der Waals surface area contributed by atoms with Gasteiger partial charge in [-0.05, 0) is 35.1 Å². The first-order valence-corrected chi connectivity index (χ1v) is 8.84. The number of carboxylic acids is 1. The van der Waals surface area contributed by atoms with E-state index in [9.17, 15) is 14.7 Å². The van der Waals surface area contributed by atoms with Gasteiger partial charge in [0.25, 0.3) is 5.56 Å². The third-order valence-corrected chi connectivity index (χ3v) is 4.54. The first kappa shape index (κ1) is 17.4. The van der Waals surface area contributed by atoms with Crippen LogP contribution in [0.1, 0.15) is 24.3 Å². The summed E-state index contributed by atoms with van der Waals surface area (Å²) in [5, 5.41) is 11.1. The van der Waals surface area contributed by atoms with Gasteiger partial charge in [-0.25, -0.2) is 4.79 Å². The molecule has 3 rings (SSSR count). The Kier molecular flexibility index (Phi) is 4.77. The summed E-state index contributed by atoms with van der Waals surface area (Å²) in [5.74, 6) is -0.953. The van der Waals surface area contributed by atoms with E-state index in [1.165, 1.54) is 4.57 Å². The monoisotopic (exact) mass is 399 g/mol. The molecular formula is C20H18BrNO3. The third-order valence-electron chi connectivity index (χ3n) is 4.05. The van der Waals surface area contributed by atoms with Crippen molar-refractivity contribution in [2.24, 2.45) is 5.92 Å². The molecule has 25 heavy (non-hydrogen) atoms. The fourth-order valence-electron chi connectivity index (χ4n) is 3.08. The normalized spacial score (nSPS) is 11.2. The second-order valence-corrected chi connectivity index (χ2v) is 7.31. The Labute approximate surface area is 153 Å². The Hall–Kier alpha value is -2.40.